The van der Waals surface area contributed by atoms with Gasteiger partial charge in [-0.3, -0.25) is 4.99 Å². The molecule has 1 aromatic rings. The highest BCUT2D eigenvalue weighted by molar-refractivity contribution is 14.0. The summed E-state index contributed by atoms with van der Waals surface area (Å²) in [6, 6.07) is 8.06. The summed E-state index contributed by atoms with van der Waals surface area (Å²) in [4.78, 5) is 6.68. The van der Waals surface area contributed by atoms with Crippen molar-refractivity contribution in [1.29, 1.82) is 0 Å². The maximum atomic E-state index is 5.43. The van der Waals surface area contributed by atoms with Crippen molar-refractivity contribution in [3.8, 4) is 5.75 Å². The normalized spacial score (nSPS) is 10.9. The second-order valence-corrected chi connectivity index (χ2v) is 5.04. The lowest BCUT2D eigenvalue weighted by Gasteiger charge is -2.22. The minimum absolute atomic E-state index is 0. The summed E-state index contributed by atoms with van der Waals surface area (Å²) in [6.07, 6.45) is 0. The van der Waals surface area contributed by atoms with E-state index in [4.69, 9.17) is 14.2 Å². The summed E-state index contributed by atoms with van der Waals surface area (Å²) < 4.78 is 15.6. The van der Waals surface area contributed by atoms with Gasteiger partial charge in [-0.2, -0.15) is 0 Å². The number of aliphatic imine (C=N–C) groups is 1. The van der Waals surface area contributed by atoms with Crippen molar-refractivity contribution in [1.82, 2.24) is 10.2 Å². The molecule has 6 nitrogen and oxygen atoms in total. The van der Waals surface area contributed by atoms with Crippen molar-refractivity contribution >= 4 is 29.9 Å². The zero-order valence-corrected chi connectivity index (χ0v) is 17.4. The maximum Gasteiger partial charge on any atom is 0.194 e. The van der Waals surface area contributed by atoms with Crippen LogP contribution in [0.1, 0.15) is 12.5 Å². The number of nitrogens with zero attached hydrogens (tertiary/aromatic N) is 2. The number of methoxy groups -OCH3 is 2. The Kier molecular flexibility index (Phi) is 13.7. The Morgan fingerprint density at radius 1 is 1.12 bits per heavy atom. The lowest BCUT2D eigenvalue weighted by Crippen LogP contribution is -2.38. The number of benzene rings is 1. The number of ether oxygens (including phenoxy) is 3. The van der Waals surface area contributed by atoms with Gasteiger partial charge in [-0.25, -0.2) is 0 Å². The van der Waals surface area contributed by atoms with Gasteiger partial charge < -0.3 is 24.4 Å². The van der Waals surface area contributed by atoms with Crippen LogP contribution in [0.15, 0.2) is 29.3 Å². The Labute approximate surface area is 162 Å². The zero-order chi connectivity index (χ0) is 16.9. The lowest BCUT2D eigenvalue weighted by molar-refractivity contribution is 0.0747. The Morgan fingerprint density at radius 3 is 2.42 bits per heavy atom. The summed E-state index contributed by atoms with van der Waals surface area (Å²) in [5.41, 5.74) is 1.20. The molecule has 0 spiro atoms. The quantitative estimate of drug-likeness (QED) is 0.256. The van der Waals surface area contributed by atoms with Gasteiger partial charge in [0, 0.05) is 27.2 Å². The zero-order valence-electron chi connectivity index (χ0n) is 15.1. The number of nitrogens with one attached hydrogen (secondary N) is 1. The first kappa shape index (κ1) is 22.9. The SMILES string of the molecule is CCNC(=NCCOCCOC)N(C)Cc1ccc(OC)cc1.I. The van der Waals surface area contributed by atoms with Crippen LogP contribution in [0.4, 0.5) is 0 Å². The van der Waals surface area contributed by atoms with E-state index in [0.29, 0.717) is 26.4 Å². The van der Waals surface area contributed by atoms with Crippen LogP contribution in [-0.2, 0) is 16.0 Å². The molecule has 0 atom stereocenters. The van der Waals surface area contributed by atoms with Crippen molar-refractivity contribution in [3.63, 3.8) is 0 Å². The molecule has 0 unspecified atom stereocenters. The number of halogens is 1. The molecule has 7 heteroatoms. The molecule has 0 radical (unpaired) electrons. The first-order chi connectivity index (χ1) is 11.2. The molecule has 0 heterocycles. The predicted molar refractivity (Wildman–Crippen MR) is 109 cm³/mol. The third-order valence-corrected chi connectivity index (χ3v) is 3.20. The summed E-state index contributed by atoms with van der Waals surface area (Å²) in [7, 11) is 5.36. The smallest absolute Gasteiger partial charge is 0.194 e. The second kappa shape index (κ2) is 14.3. The van der Waals surface area contributed by atoms with E-state index in [0.717, 1.165) is 24.8 Å². The molecule has 24 heavy (non-hydrogen) atoms. The van der Waals surface area contributed by atoms with Gasteiger partial charge in [0.15, 0.2) is 5.96 Å². The second-order valence-electron chi connectivity index (χ2n) is 5.04. The fraction of sp³-hybridized carbons (Fsp3) is 0.588. The highest BCUT2D eigenvalue weighted by Crippen LogP contribution is 2.12. The minimum atomic E-state index is 0. The summed E-state index contributed by atoms with van der Waals surface area (Å²) >= 11 is 0. The molecule has 1 N–H and O–H groups in total. The molecule has 0 fully saturated rings. The average Bonchev–Trinajstić information content (AvgIpc) is 2.57. The molecule has 0 aliphatic carbocycles. The van der Waals surface area contributed by atoms with Gasteiger partial charge in [-0.05, 0) is 24.6 Å². The Balaban J connectivity index is 0.00000529. The first-order valence-corrected chi connectivity index (χ1v) is 7.90. The van der Waals surface area contributed by atoms with E-state index >= 15 is 0 Å². The Hall–Kier alpha value is -1.06. The molecular weight excluding hydrogens is 421 g/mol. The number of hydrogen-bond donors (Lipinski definition) is 1. The van der Waals surface area contributed by atoms with Crippen molar-refractivity contribution in [2.75, 3.05) is 54.2 Å². The third kappa shape index (κ3) is 9.29. The van der Waals surface area contributed by atoms with Crippen LogP contribution in [0.5, 0.6) is 5.75 Å². The van der Waals surface area contributed by atoms with E-state index in [9.17, 15) is 0 Å². The van der Waals surface area contributed by atoms with Crippen molar-refractivity contribution < 1.29 is 14.2 Å². The fourth-order valence-electron chi connectivity index (χ4n) is 2.01. The number of rotatable bonds is 10. The van der Waals surface area contributed by atoms with Crippen LogP contribution in [0.2, 0.25) is 0 Å². The van der Waals surface area contributed by atoms with E-state index < -0.39 is 0 Å². The molecule has 138 valence electrons. The Morgan fingerprint density at radius 2 is 1.83 bits per heavy atom. The highest BCUT2D eigenvalue weighted by Gasteiger charge is 2.06. The van der Waals surface area contributed by atoms with Gasteiger partial charge in [-0.15, -0.1) is 24.0 Å². The number of hydrogen-bond acceptors (Lipinski definition) is 4. The van der Waals surface area contributed by atoms with Crippen LogP contribution in [0.25, 0.3) is 0 Å². The largest absolute Gasteiger partial charge is 0.497 e. The van der Waals surface area contributed by atoms with Crippen molar-refractivity contribution in [3.05, 3.63) is 29.8 Å². The van der Waals surface area contributed by atoms with Gasteiger partial charge in [0.1, 0.15) is 5.75 Å². The molecule has 0 amide bonds. The van der Waals surface area contributed by atoms with Crippen LogP contribution in [0, 0.1) is 0 Å². The van der Waals surface area contributed by atoms with Gasteiger partial charge in [0.05, 0.1) is 33.5 Å². The summed E-state index contributed by atoms with van der Waals surface area (Å²) in [6.45, 7) is 6.10. The van der Waals surface area contributed by atoms with Crippen molar-refractivity contribution in [2.45, 2.75) is 13.5 Å². The molecule has 0 saturated heterocycles. The molecule has 1 aromatic carbocycles. The van der Waals surface area contributed by atoms with Crippen LogP contribution < -0.4 is 10.1 Å². The maximum absolute atomic E-state index is 5.43. The van der Waals surface area contributed by atoms with E-state index in [1.54, 1.807) is 14.2 Å². The predicted octanol–water partition coefficient (Wildman–Crippen LogP) is 2.37. The molecule has 0 saturated carbocycles. The van der Waals surface area contributed by atoms with Crippen LogP contribution in [0.3, 0.4) is 0 Å². The Bertz CT molecular complexity index is 455. The van der Waals surface area contributed by atoms with Crippen LogP contribution in [-0.4, -0.2) is 65.0 Å². The molecule has 0 aliphatic rings. The standard InChI is InChI=1S/C17H29N3O3.HI/c1-5-18-17(19-10-11-23-13-12-21-3)20(2)14-15-6-8-16(22-4)9-7-15;/h6-9H,5,10-14H2,1-4H3,(H,18,19);1H. The van der Waals surface area contributed by atoms with Crippen molar-refractivity contribution in [2.24, 2.45) is 4.99 Å². The third-order valence-electron chi connectivity index (χ3n) is 3.20. The van der Waals surface area contributed by atoms with E-state index in [1.165, 1.54) is 5.56 Å². The number of guanidine groups is 1. The lowest BCUT2D eigenvalue weighted by atomic mass is 10.2. The highest BCUT2D eigenvalue weighted by atomic mass is 127. The van der Waals surface area contributed by atoms with Gasteiger partial charge >= 0.3 is 0 Å². The van der Waals surface area contributed by atoms with E-state index in [-0.39, 0.29) is 24.0 Å². The van der Waals surface area contributed by atoms with Crippen LogP contribution >= 0.6 is 24.0 Å². The molecular formula is C17H30IN3O3. The minimum Gasteiger partial charge on any atom is -0.497 e. The monoisotopic (exact) mass is 451 g/mol. The molecule has 0 aromatic heterocycles. The summed E-state index contributed by atoms with van der Waals surface area (Å²) in [5, 5.41) is 3.30. The topological polar surface area (TPSA) is 55.3 Å². The fourth-order valence-corrected chi connectivity index (χ4v) is 2.01. The molecule has 0 bridgehead atoms. The average molecular weight is 451 g/mol. The van der Waals surface area contributed by atoms with E-state index in [2.05, 4.69) is 34.3 Å². The van der Waals surface area contributed by atoms with Gasteiger partial charge in [0.2, 0.25) is 0 Å². The van der Waals surface area contributed by atoms with Gasteiger partial charge in [-0.1, -0.05) is 12.1 Å². The first-order valence-electron chi connectivity index (χ1n) is 7.90. The molecule has 0 aliphatic heterocycles. The van der Waals surface area contributed by atoms with E-state index in [1.807, 2.05) is 19.2 Å². The van der Waals surface area contributed by atoms with Gasteiger partial charge in [0.25, 0.3) is 0 Å². The molecule has 1 rings (SSSR count). The summed E-state index contributed by atoms with van der Waals surface area (Å²) in [5.74, 6) is 1.74.